The van der Waals surface area contributed by atoms with Crippen LogP contribution in [0.5, 0.6) is 0 Å². The predicted octanol–water partition coefficient (Wildman–Crippen LogP) is 3.08. The normalized spacial score (nSPS) is 20.9. The van der Waals surface area contributed by atoms with Crippen molar-refractivity contribution in [3.05, 3.63) is 35.5 Å². The highest BCUT2D eigenvalue weighted by Gasteiger charge is 2.22. The Morgan fingerprint density at radius 2 is 2.22 bits per heavy atom. The zero-order chi connectivity index (χ0) is 12.7. The molecule has 96 valence electrons. The Bertz CT molecular complexity index is 576. The van der Waals surface area contributed by atoms with Crippen molar-refractivity contribution in [1.82, 2.24) is 9.88 Å². The van der Waals surface area contributed by atoms with Gasteiger partial charge in [-0.3, -0.25) is 0 Å². The number of likely N-dealkylation sites (tertiary alicyclic amines) is 1. The van der Waals surface area contributed by atoms with Gasteiger partial charge in [0.05, 0.1) is 5.52 Å². The van der Waals surface area contributed by atoms with Crippen molar-refractivity contribution in [3.63, 3.8) is 0 Å². The third-order valence-electron chi connectivity index (χ3n) is 3.92. The molecule has 18 heavy (non-hydrogen) atoms. The van der Waals surface area contributed by atoms with Gasteiger partial charge < -0.3 is 9.88 Å². The molecule has 0 radical (unpaired) electrons. The molecular weight excluding hydrogens is 234 g/mol. The van der Waals surface area contributed by atoms with Crippen molar-refractivity contribution in [2.75, 3.05) is 13.6 Å². The fourth-order valence-electron chi connectivity index (χ4n) is 2.87. The average molecular weight is 250 g/mol. The molecule has 1 aromatic carbocycles. The lowest BCUT2D eigenvalue weighted by Gasteiger charge is -2.18. The van der Waals surface area contributed by atoms with E-state index in [0.717, 1.165) is 31.0 Å². The molecule has 1 unspecified atom stereocenters. The molecule has 2 nitrogen and oxygen atoms in total. The minimum Gasteiger partial charge on any atom is -0.359 e. The molecule has 0 aliphatic carbocycles. The van der Waals surface area contributed by atoms with Gasteiger partial charge in [-0.2, -0.15) is 0 Å². The zero-order valence-corrected chi connectivity index (χ0v) is 10.3. The van der Waals surface area contributed by atoms with Crippen LogP contribution in [0.2, 0.25) is 0 Å². The molecule has 1 aromatic heterocycles. The van der Waals surface area contributed by atoms with E-state index in [9.17, 15) is 8.78 Å². The minimum atomic E-state index is -0.518. The van der Waals surface area contributed by atoms with Crippen molar-refractivity contribution in [3.8, 4) is 0 Å². The SMILES string of the molecule is CN1CCCC1Cc1c[nH]c2c(F)cc(F)cc12. The zero-order valence-electron chi connectivity index (χ0n) is 10.3. The third kappa shape index (κ3) is 1.90. The summed E-state index contributed by atoms with van der Waals surface area (Å²) in [7, 11) is 2.10. The van der Waals surface area contributed by atoms with Crippen LogP contribution in [0.25, 0.3) is 10.9 Å². The maximum absolute atomic E-state index is 13.6. The standard InChI is InChI=1S/C14H16F2N2/c1-18-4-2-3-11(18)5-9-8-17-14-12(9)6-10(15)7-13(14)16/h6-8,11,17H,2-5H2,1H3. The summed E-state index contributed by atoms with van der Waals surface area (Å²) >= 11 is 0. The van der Waals surface area contributed by atoms with Crippen LogP contribution in [0.15, 0.2) is 18.3 Å². The van der Waals surface area contributed by atoms with Crippen LogP contribution in [0.3, 0.4) is 0 Å². The molecule has 2 aromatic rings. The van der Waals surface area contributed by atoms with E-state index in [1.807, 2.05) is 0 Å². The van der Waals surface area contributed by atoms with Crippen molar-refractivity contribution in [2.24, 2.45) is 0 Å². The number of benzene rings is 1. The van der Waals surface area contributed by atoms with Gasteiger partial charge in [-0.1, -0.05) is 0 Å². The monoisotopic (exact) mass is 250 g/mol. The van der Waals surface area contributed by atoms with Gasteiger partial charge >= 0.3 is 0 Å². The van der Waals surface area contributed by atoms with Gasteiger partial charge in [0.2, 0.25) is 0 Å². The van der Waals surface area contributed by atoms with Crippen LogP contribution in [0.4, 0.5) is 8.78 Å². The number of aromatic amines is 1. The molecule has 2 heterocycles. The number of rotatable bonds is 2. The molecule has 1 fully saturated rings. The van der Waals surface area contributed by atoms with E-state index in [2.05, 4.69) is 16.9 Å². The van der Waals surface area contributed by atoms with Crippen LogP contribution in [0.1, 0.15) is 18.4 Å². The van der Waals surface area contributed by atoms with Gasteiger partial charge in [0.25, 0.3) is 0 Å². The van der Waals surface area contributed by atoms with E-state index in [1.165, 1.54) is 12.5 Å². The lowest BCUT2D eigenvalue weighted by atomic mass is 10.0. The molecule has 1 N–H and O–H groups in total. The molecule has 1 saturated heterocycles. The molecule has 0 bridgehead atoms. The Morgan fingerprint density at radius 1 is 1.39 bits per heavy atom. The van der Waals surface area contributed by atoms with Crippen LogP contribution >= 0.6 is 0 Å². The number of nitrogens with zero attached hydrogens (tertiary/aromatic N) is 1. The molecule has 0 amide bonds. The van der Waals surface area contributed by atoms with E-state index >= 15 is 0 Å². The maximum Gasteiger partial charge on any atom is 0.150 e. The highest BCUT2D eigenvalue weighted by molar-refractivity contribution is 5.83. The molecule has 0 spiro atoms. The Morgan fingerprint density at radius 3 is 2.94 bits per heavy atom. The number of fused-ring (bicyclic) bond motifs is 1. The number of aromatic nitrogens is 1. The molecule has 0 saturated carbocycles. The van der Waals surface area contributed by atoms with Crippen LogP contribution < -0.4 is 0 Å². The number of hydrogen-bond donors (Lipinski definition) is 1. The molecule has 1 atom stereocenters. The van der Waals surface area contributed by atoms with E-state index in [4.69, 9.17) is 0 Å². The summed E-state index contributed by atoms with van der Waals surface area (Å²) in [6, 6.07) is 2.82. The summed E-state index contributed by atoms with van der Waals surface area (Å²) in [6.45, 7) is 1.11. The van der Waals surface area contributed by atoms with Crippen molar-refractivity contribution in [2.45, 2.75) is 25.3 Å². The highest BCUT2D eigenvalue weighted by atomic mass is 19.1. The summed E-state index contributed by atoms with van der Waals surface area (Å²) in [5.74, 6) is -1.03. The van der Waals surface area contributed by atoms with Gasteiger partial charge in [0, 0.05) is 23.7 Å². The molecule has 3 rings (SSSR count). The van der Waals surface area contributed by atoms with E-state index < -0.39 is 11.6 Å². The second-order valence-corrected chi connectivity index (χ2v) is 5.10. The summed E-state index contributed by atoms with van der Waals surface area (Å²) < 4.78 is 26.8. The van der Waals surface area contributed by atoms with Gasteiger partial charge in [0.1, 0.15) is 11.6 Å². The minimum absolute atomic E-state index is 0.409. The fraction of sp³-hybridized carbons (Fsp3) is 0.429. The summed E-state index contributed by atoms with van der Waals surface area (Å²) in [4.78, 5) is 5.23. The molecule has 4 heteroatoms. The molecular formula is C14H16F2N2. The largest absolute Gasteiger partial charge is 0.359 e. The lowest BCUT2D eigenvalue weighted by Crippen LogP contribution is -2.26. The Balaban J connectivity index is 1.97. The Kier molecular flexibility index (Phi) is 2.82. The van der Waals surface area contributed by atoms with Gasteiger partial charge in [0.15, 0.2) is 0 Å². The van der Waals surface area contributed by atoms with Crippen molar-refractivity contribution in [1.29, 1.82) is 0 Å². The first kappa shape index (κ1) is 11.7. The second kappa shape index (κ2) is 4.35. The van der Waals surface area contributed by atoms with E-state index in [1.54, 1.807) is 6.20 Å². The van der Waals surface area contributed by atoms with Gasteiger partial charge in [-0.05, 0) is 44.5 Å². The summed E-state index contributed by atoms with van der Waals surface area (Å²) in [6.07, 6.45) is 5.01. The number of H-pyrrole nitrogens is 1. The number of nitrogens with one attached hydrogen (secondary N) is 1. The molecule has 1 aliphatic heterocycles. The van der Waals surface area contributed by atoms with Gasteiger partial charge in [-0.25, -0.2) is 8.78 Å². The maximum atomic E-state index is 13.6. The summed E-state index contributed by atoms with van der Waals surface area (Å²) in [5, 5.41) is 0.674. The topological polar surface area (TPSA) is 19.0 Å². The lowest BCUT2D eigenvalue weighted by molar-refractivity contribution is 0.310. The van der Waals surface area contributed by atoms with Crippen LogP contribution in [0, 0.1) is 11.6 Å². The first-order valence-corrected chi connectivity index (χ1v) is 6.30. The smallest absolute Gasteiger partial charge is 0.150 e. The van der Waals surface area contributed by atoms with Crippen LogP contribution in [-0.2, 0) is 6.42 Å². The number of hydrogen-bond acceptors (Lipinski definition) is 1. The third-order valence-corrected chi connectivity index (χ3v) is 3.92. The predicted molar refractivity (Wildman–Crippen MR) is 67.6 cm³/mol. The van der Waals surface area contributed by atoms with E-state index in [0.29, 0.717) is 16.9 Å². The highest BCUT2D eigenvalue weighted by Crippen LogP contribution is 2.26. The second-order valence-electron chi connectivity index (χ2n) is 5.10. The quantitative estimate of drug-likeness (QED) is 0.867. The van der Waals surface area contributed by atoms with E-state index in [-0.39, 0.29) is 0 Å². The number of likely N-dealkylation sites (N-methyl/N-ethyl adjacent to an activating group) is 1. The van der Waals surface area contributed by atoms with Crippen molar-refractivity contribution >= 4 is 10.9 Å². The summed E-state index contributed by atoms with van der Waals surface area (Å²) in [5.41, 5.74) is 1.41. The average Bonchev–Trinajstić information content (AvgIpc) is 2.88. The Hall–Kier alpha value is -1.42. The first-order chi connectivity index (χ1) is 8.65. The fourth-order valence-corrected chi connectivity index (χ4v) is 2.87. The van der Waals surface area contributed by atoms with Crippen LogP contribution in [-0.4, -0.2) is 29.5 Å². The first-order valence-electron chi connectivity index (χ1n) is 6.30. The Labute approximate surface area is 105 Å². The van der Waals surface area contributed by atoms with Gasteiger partial charge in [-0.15, -0.1) is 0 Å². The molecule has 1 aliphatic rings. The number of halogens is 2. The van der Waals surface area contributed by atoms with Crippen molar-refractivity contribution < 1.29 is 8.78 Å².